The number of hydrogen-bond acceptors (Lipinski definition) is 0. The maximum atomic E-state index is 5.76. The van der Waals surface area contributed by atoms with E-state index in [2.05, 4.69) is 6.07 Å². The van der Waals surface area contributed by atoms with Crippen molar-refractivity contribution in [2.45, 2.75) is 3.79 Å². The molecule has 0 aliphatic carbocycles. The predicted molar refractivity (Wildman–Crippen MR) is 62.0 cm³/mol. The molecule has 2 aromatic rings. The van der Waals surface area contributed by atoms with Gasteiger partial charge in [0.2, 0.25) is 3.79 Å². The Morgan fingerprint density at radius 2 is 1.64 bits per heavy atom. The van der Waals surface area contributed by atoms with Gasteiger partial charge in [-0.25, -0.2) is 0 Å². The van der Waals surface area contributed by atoms with Crippen LogP contribution >= 0.6 is 34.8 Å². The number of halogens is 3. The maximum Gasteiger partial charge on any atom is 0.216 e. The molecule has 2 rings (SSSR count). The van der Waals surface area contributed by atoms with E-state index in [0.717, 1.165) is 10.8 Å². The summed E-state index contributed by atoms with van der Waals surface area (Å²) in [5, 5.41) is 2.04. The third-order valence-corrected chi connectivity index (χ3v) is 2.58. The van der Waals surface area contributed by atoms with Crippen LogP contribution in [-0.4, -0.2) is 0 Å². The second-order valence-electron chi connectivity index (χ2n) is 2.96. The molecule has 0 aliphatic heterocycles. The SMILES string of the molecule is ClC(Cl)(Cl)c1[c]c2ccccc2cc1. The Labute approximate surface area is 97.4 Å². The van der Waals surface area contributed by atoms with Crippen LogP contribution in [0, 0.1) is 6.07 Å². The van der Waals surface area contributed by atoms with Gasteiger partial charge < -0.3 is 0 Å². The van der Waals surface area contributed by atoms with Crippen LogP contribution in [0.3, 0.4) is 0 Å². The monoisotopic (exact) mass is 243 g/mol. The van der Waals surface area contributed by atoms with Crippen LogP contribution < -0.4 is 0 Å². The van der Waals surface area contributed by atoms with Gasteiger partial charge in [-0.15, -0.1) is 0 Å². The first-order chi connectivity index (χ1) is 6.57. The quantitative estimate of drug-likeness (QED) is 0.600. The summed E-state index contributed by atoms with van der Waals surface area (Å²) >= 11 is 17.3. The molecule has 0 nitrogen and oxygen atoms in total. The summed E-state index contributed by atoms with van der Waals surface area (Å²) in [7, 11) is 0. The van der Waals surface area contributed by atoms with Crippen molar-refractivity contribution < 1.29 is 0 Å². The van der Waals surface area contributed by atoms with Gasteiger partial charge in [-0.1, -0.05) is 71.2 Å². The molecule has 14 heavy (non-hydrogen) atoms. The van der Waals surface area contributed by atoms with E-state index in [9.17, 15) is 0 Å². The average molecular weight is 245 g/mol. The molecule has 0 heterocycles. The standard InChI is InChI=1S/C11H6Cl3/c12-11(13,14)10-6-5-8-3-1-2-4-9(8)7-10/h1-6H. The lowest BCUT2D eigenvalue weighted by Crippen LogP contribution is -1.99. The minimum atomic E-state index is -1.40. The van der Waals surface area contributed by atoms with E-state index in [1.807, 2.05) is 30.3 Å². The fourth-order valence-corrected chi connectivity index (χ4v) is 1.61. The first-order valence-corrected chi connectivity index (χ1v) is 5.19. The Hall–Kier alpha value is -0.430. The molecule has 0 spiro atoms. The van der Waals surface area contributed by atoms with Gasteiger partial charge in [-0.2, -0.15) is 0 Å². The fraction of sp³-hybridized carbons (Fsp3) is 0.0909. The van der Waals surface area contributed by atoms with Crippen LogP contribution in [0.25, 0.3) is 10.8 Å². The summed E-state index contributed by atoms with van der Waals surface area (Å²) in [6, 6.07) is 14.6. The molecule has 0 atom stereocenters. The highest BCUT2D eigenvalue weighted by Crippen LogP contribution is 2.38. The molecular formula is C11H6Cl3. The van der Waals surface area contributed by atoms with Crippen LogP contribution in [0.1, 0.15) is 5.56 Å². The number of fused-ring (bicyclic) bond motifs is 1. The zero-order valence-electron chi connectivity index (χ0n) is 7.10. The number of benzene rings is 2. The van der Waals surface area contributed by atoms with Crippen LogP contribution in [0.4, 0.5) is 0 Å². The molecule has 0 aromatic heterocycles. The highest BCUT2D eigenvalue weighted by molar-refractivity contribution is 6.66. The molecule has 0 aliphatic rings. The lowest BCUT2D eigenvalue weighted by molar-refractivity contribution is 1.25. The third-order valence-electron chi connectivity index (χ3n) is 1.97. The van der Waals surface area contributed by atoms with Gasteiger partial charge in [0.1, 0.15) is 0 Å². The molecule has 3 heteroatoms. The molecule has 0 N–H and O–H groups in total. The number of alkyl halides is 3. The van der Waals surface area contributed by atoms with E-state index in [0.29, 0.717) is 5.56 Å². The molecule has 0 unspecified atom stereocenters. The van der Waals surface area contributed by atoms with Crippen molar-refractivity contribution in [1.82, 2.24) is 0 Å². The molecule has 1 radical (unpaired) electrons. The van der Waals surface area contributed by atoms with Gasteiger partial charge in [-0.05, 0) is 16.8 Å². The van der Waals surface area contributed by atoms with Crippen molar-refractivity contribution in [2.24, 2.45) is 0 Å². The van der Waals surface area contributed by atoms with Crippen LogP contribution in [0.2, 0.25) is 0 Å². The molecule has 0 saturated carbocycles. The minimum absolute atomic E-state index is 0.571. The van der Waals surface area contributed by atoms with Crippen LogP contribution in [-0.2, 0) is 3.79 Å². The zero-order chi connectivity index (χ0) is 10.2. The second kappa shape index (κ2) is 3.62. The minimum Gasteiger partial charge on any atom is -0.0784 e. The van der Waals surface area contributed by atoms with E-state index >= 15 is 0 Å². The maximum absolute atomic E-state index is 5.76. The zero-order valence-corrected chi connectivity index (χ0v) is 9.37. The normalized spacial score (nSPS) is 11.9. The van der Waals surface area contributed by atoms with Crippen molar-refractivity contribution in [2.75, 3.05) is 0 Å². The number of hydrogen-bond donors (Lipinski definition) is 0. The largest absolute Gasteiger partial charge is 0.216 e. The van der Waals surface area contributed by atoms with E-state index in [1.165, 1.54) is 0 Å². The third kappa shape index (κ3) is 1.98. The Morgan fingerprint density at radius 3 is 2.36 bits per heavy atom. The van der Waals surface area contributed by atoms with E-state index in [-0.39, 0.29) is 0 Å². The second-order valence-corrected chi connectivity index (χ2v) is 5.24. The summed E-state index contributed by atoms with van der Waals surface area (Å²) in [4.78, 5) is 0. The molecule has 71 valence electrons. The highest BCUT2D eigenvalue weighted by Gasteiger charge is 2.22. The predicted octanol–water partition coefficient (Wildman–Crippen LogP) is 4.47. The fourth-order valence-electron chi connectivity index (χ4n) is 1.28. The van der Waals surface area contributed by atoms with Gasteiger partial charge in [0.05, 0.1) is 0 Å². The van der Waals surface area contributed by atoms with E-state index in [1.54, 1.807) is 6.07 Å². The Kier molecular flexibility index (Phi) is 2.61. The smallest absolute Gasteiger partial charge is 0.0784 e. The molecule has 0 fully saturated rings. The summed E-state index contributed by atoms with van der Waals surface area (Å²) in [6.07, 6.45) is 0. The average Bonchev–Trinajstić information content (AvgIpc) is 2.16. The van der Waals surface area contributed by atoms with Crippen molar-refractivity contribution in [3.05, 3.63) is 48.0 Å². The molecule has 0 saturated heterocycles. The van der Waals surface area contributed by atoms with Gasteiger partial charge in [0.25, 0.3) is 0 Å². The summed E-state index contributed by atoms with van der Waals surface area (Å²) in [6.45, 7) is 0. The lowest BCUT2D eigenvalue weighted by atomic mass is 10.1. The van der Waals surface area contributed by atoms with Crippen molar-refractivity contribution >= 4 is 45.6 Å². The van der Waals surface area contributed by atoms with Gasteiger partial charge >= 0.3 is 0 Å². The molecular weight excluding hydrogens is 238 g/mol. The van der Waals surface area contributed by atoms with E-state index < -0.39 is 3.79 Å². The number of rotatable bonds is 0. The summed E-state index contributed by atoms with van der Waals surface area (Å²) < 4.78 is -1.40. The Balaban J connectivity index is 2.63. The molecule has 2 aromatic carbocycles. The highest BCUT2D eigenvalue weighted by atomic mass is 35.6. The van der Waals surface area contributed by atoms with Crippen molar-refractivity contribution in [3.8, 4) is 0 Å². The first kappa shape index (κ1) is 10.1. The van der Waals surface area contributed by atoms with Crippen LogP contribution in [0.5, 0.6) is 0 Å². The van der Waals surface area contributed by atoms with Crippen molar-refractivity contribution in [3.63, 3.8) is 0 Å². The van der Waals surface area contributed by atoms with Gasteiger partial charge in [0, 0.05) is 5.56 Å². The van der Waals surface area contributed by atoms with Crippen molar-refractivity contribution in [1.29, 1.82) is 0 Å². The summed E-state index contributed by atoms with van der Waals surface area (Å²) in [5.41, 5.74) is 0.571. The van der Waals surface area contributed by atoms with Crippen LogP contribution in [0.15, 0.2) is 36.4 Å². The Bertz CT molecular complexity index is 457. The molecule has 0 amide bonds. The lowest BCUT2D eigenvalue weighted by Gasteiger charge is -2.11. The van der Waals surface area contributed by atoms with Gasteiger partial charge in [0.15, 0.2) is 0 Å². The summed E-state index contributed by atoms with van der Waals surface area (Å²) in [5.74, 6) is 0. The molecule has 0 bridgehead atoms. The Morgan fingerprint density at radius 1 is 0.929 bits per heavy atom. The topological polar surface area (TPSA) is 0 Å². The van der Waals surface area contributed by atoms with E-state index in [4.69, 9.17) is 34.8 Å². The first-order valence-electron chi connectivity index (χ1n) is 4.05. The van der Waals surface area contributed by atoms with Gasteiger partial charge in [-0.3, -0.25) is 0 Å².